The minimum absolute atomic E-state index is 0.0676. The van der Waals surface area contributed by atoms with Crippen LogP contribution in [0.15, 0.2) is 45.3 Å². The van der Waals surface area contributed by atoms with Gasteiger partial charge >= 0.3 is 0 Å². The molecule has 7 heteroatoms. The Morgan fingerprint density at radius 2 is 1.91 bits per heavy atom. The summed E-state index contributed by atoms with van der Waals surface area (Å²) >= 11 is 11.5. The molecule has 2 aromatic carbocycles. The van der Waals surface area contributed by atoms with Crippen LogP contribution in [-0.2, 0) is 6.61 Å². The van der Waals surface area contributed by atoms with Gasteiger partial charge in [0.15, 0.2) is 5.11 Å². The van der Waals surface area contributed by atoms with Gasteiger partial charge in [0.05, 0.1) is 8.95 Å². The summed E-state index contributed by atoms with van der Waals surface area (Å²) in [6.45, 7) is 2.46. The number of nitrogens with one attached hydrogen (secondary N) is 1. The van der Waals surface area contributed by atoms with E-state index in [1.807, 2.05) is 25.1 Å². The molecule has 120 valence electrons. The van der Waals surface area contributed by atoms with Crippen LogP contribution in [0.1, 0.15) is 21.5 Å². The van der Waals surface area contributed by atoms with E-state index in [0.29, 0.717) is 26.9 Å². The van der Waals surface area contributed by atoms with Crippen LogP contribution < -0.4 is 15.8 Å². The Bertz CT molecular complexity index is 742. The fourth-order valence-corrected chi connectivity index (χ4v) is 3.48. The molecule has 0 aliphatic carbocycles. The van der Waals surface area contributed by atoms with Crippen molar-refractivity contribution in [2.24, 2.45) is 5.73 Å². The molecule has 0 heterocycles. The zero-order chi connectivity index (χ0) is 17.0. The molecular weight excluding hydrogens is 444 g/mol. The first kappa shape index (κ1) is 17.9. The summed E-state index contributed by atoms with van der Waals surface area (Å²) in [4.78, 5) is 11.9. The molecule has 2 aromatic rings. The predicted octanol–water partition coefficient (Wildman–Crippen LogP) is 4.07. The van der Waals surface area contributed by atoms with Gasteiger partial charge in [0.25, 0.3) is 5.91 Å². The highest BCUT2D eigenvalue weighted by Crippen LogP contribution is 2.35. The number of amides is 1. The van der Waals surface area contributed by atoms with Gasteiger partial charge in [0, 0.05) is 5.56 Å². The molecule has 1 amide bonds. The summed E-state index contributed by atoms with van der Waals surface area (Å²) in [6.07, 6.45) is 0. The van der Waals surface area contributed by atoms with Crippen LogP contribution in [-0.4, -0.2) is 11.0 Å². The van der Waals surface area contributed by atoms with Crippen molar-refractivity contribution in [2.45, 2.75) is 13.5 Å². The van der Waals surface area contributed by atoms with Gasteiger partial charge in [0.1, 0.15) is 12.4 Å². The molecular formula is C16H14Br2N2O2S. The van der Waals surface area contributed by atoms with Crippen LogP contribution >= 0.6 is 44.1 Å². The Kier molecular flexibility index (Phi) is 6.15. The molecule has 4 nitrogen and oxygen atoms in total. The number of carbonyl (C=O) groups excluding carboxylic acids is 1. The molecule has 0 spiro atoms. The van der Waals surface area contributed by atoms with Gasteiger partial charge in [0.2, 0.25) is 0 Å². The molecule has 0 atom stereocenters. The summed E-state index contributed by atoms with van der Waals surface area (Å²) in [5.41, 5.74) is 7.97. The van der Waals surface area contributed by atoms with E-state index in [1.54, 1.807) is 12.1 Å². The number of hydrogen-bond donors (Lipinski definition) is 2. The minimum atomic E-state index is -0.371. The average Bonchev–Trinajstić information content (AvgIpc) is 2.45. The molecule has 0 aliphatic rings. The Hall–Kier alpha value is -1.44. The number of thiocarbonyl (C=S) groups is 1. The number of hydrogen-bond acceptors (Lipinski definition) is 3. The molecule has 0 aromatic heterocycles. The summed E-state index contributed by atoms with van der Waals surface area (Å²) in [5, 5.41) is 2.32. The predicted molar refractivity (Wildman–Crippen MR) is 102 cm³/mol. The van der Waals surface area contributed by atoms with E-state index >= 15 is 0 Å². The lowest BCUT2D eigenvalue weighted by molar-refractivity contribution is 0.0977. The average molecular weight is 458 g/mol. The molecule has 23 heavy (non-hydrogen) atoms. The van der Waals surface area contributed by atoms with E-state index in [-0.39, 0.29) is 11.0 Å². The van der Waals surface area contributed by atoms with E-state index in [0.717, 1.165) is 5.56 Å². The third-order valence-corrected chi connectivity index (χ3v) is 4.24. The molecule has 0 saturated heterocycles. The lowest BCUT2D eigenvalue weighted by Crippen LogP contribution is -2.34. The van der Waals surface area contributed by atoms with Crippen molar-refractivity contribution in [3.05, 3.63) is 62.0 Å². The summed E-state index contributed by atoms with van der Waals surface area (Å²) in [5.74, 6) is 0.252. The Morgan fingerprint density at radius 1 is 1.26 bits per heavy atom. The number of rotatable bonds is 4. The zero-order valence-corrected chi connectivity index (χ0v) is 16.2. The number of aryl methyl sites for hydroxylation is 1. The van der Waals surface area contributed by atoms with Crippen molar-refractivity contribution in [1.29, 1.82) is 0 Å². The van der Waals surface area contributed by atoms with E-state index < -0.39 is 0 Å². The highest BCUT2D eigenvalue weighted by atomic mass is 79.9. The highest BCUT2D eigenvalue weighted by Gasteiger charge is 2.14. The van der Waals surface area contributed by atoms with Crippen molar-refractivity contribution < 1.29 is 9.53 Å². The molecule has 3 N–H and O–H groups in total. The fourth-order valence-electron chi connectivity index (χ4n) is 1.97. The smallest absolute Gasteiger partial charge is 0.257 e. The van der Waals surface area contributed by atoms with Crippen LogP contribution in [0.5, 0.6) is 5.75 Å². The van der Waals surface area contributed by atoms with Crippen molar-refractivity contribution >= 4 is 55.1 Å². The first-order valence-electron chi connectivity index (χ1n) is 6.65. The van der Waals surface area contributed by atoms with E-state index in [2.05, 4.69) is 55.5 Å². The Morgan fingerprint density at radius 3 is 2.48 bits per heavy atom. The van der Waals surface area contributed by atoms with Gasteiger partial charge in [-0.15, -0.1) is 0 Å². The third-order valence-electron chi connectivity index (χ3n) is 2.96. The lowest BCUT2D eigenvalue weighted by Gasteiger charge is -2.12. The second kappa shape index (κ2) is 7.90. The number of benzene rings is 2. The summed E-state index contributed by atoms with van der Waals surface area (Å²) in [6, 6.07) is 11.4. The SMILES string of the molecule is Cc1cccc(COc2c(Br)cc(C(=O)NC(N)=S)cc2Br)c1. The van der Waals surface area contributed by atoms with Gasteiger partial charge in [-0.05, 0) is 68.7 Å². The van der Waals surface area contributed by atoms with Crippen LogP contribution in [0, 0.1) is 6.92 Å². The maximum absolute atomic E-state index is 11.9. The molecule has 0 bridgehead atoms. The maximum Gasteiger partial charge on any atom is 0.257 e. The summed E-state index contributed by atoms with van der Waals surface area (Å²) in [7, 11) is 0. The first-order valence-corrected chi connectivity index (χ1v) is 8.64. The molecule has 2 rings (SSSR count). The van der Waals surface area contributed by atoms with E-state index in [4.69, 9.17) is 10.5 Å². The van der Waals surface area contributed by atoms with Gasteiger partial charge in [-0.25, -0.2) is 0 Å². The zero-order valence-electron chi connectivity index (χ0n) is 12.2. The van der Waals surface area contributed by atoms with Crippen molar-refractivity contribution in [3.63, 3.8) is 0 Å². The normalized spacial score (nSPS) is 10.2. The van der Waals surface area contributed by atoms with Crippen molar-refractivity contribution in [2.75, 3.05) is 0 Å². The molecule has 0 unspecified atom stereocenters. The number of halogens is 2. The fraction of sp³-hybridized carbons (Fsp3) is 0.125. The molecule has 0 radical (unpaired) electrons. The topological polar surface area (TPSA) is 64.3 Å². The largest absolute Gasteiger partial charge is 0.487 e. The van der Waals surface area contributed by atoms with Crippen LogP contribution in [0.2, 0.25) is 0 Å². The molecule has 0 aliphatic heterocycles. The maximum atomic E-state index is 11.9. The van der Waals surface area contributed by atoms with Gasteiger partial charge in [-0.3, -0.25) is 10.1 Å². The molecule has 0 fully saturated rings. The van der Waals surface area contributed by atoms with Crippen LogP contribution in [0.25, 0.3) is 0 Å². The number of carbonyl (C=O) groups is 1. The van der Waals surface area contributed by atoms with Crippen molar-refractivity contribution in [3.8, 4) is 5.75 Å². The number of ether oxygens (including phenoxy) is 1. The van der Waals surface area contributed by atoms with Gasteiger partial charge < -0.3 is 10.5 Å². The monoisotopic (exact) mass is 456 g/mol. The van der Waals surface area contributed by atoms with E-state index in [9.17, 15) is 4.79 Å². The first-order chi connectivity index (χ1) is 10.9. The third kappa shape index (κ3) is 5.02. The lowest BCUT2D eigenvalue weighted by atomic mass is 10.1. The second-order valence-electron chi connectivity index (χ2n) is 4.87. The van der Waals surface area contributed by atoms with Gasteiger partial charge in [-0.2, -0.15) is 0 Å². The Labute approximate surface area is 156 Å². The number of nitrogens with two attached hydrogens (primary N) is 1. The second-order valence-corrected chi connectivity index (χ2v) is 7.01. The highest BCUT2D eigenvalue weighted by molar-refractivity contribution is 9.11. The van der Waals surface area contributed by atoms with Crippen LogP contribution in [0.3, 0.4) is 0 Å². The summed E-state index contributed by atoms with van der Waals surface area (Å²) < 4.78 is 7.17. The molecule has 0 saturated carbocycles. The van der Waals surface area contributed by atoms with Crippen molar-refractivity contribution in [1.82, 2.24) is 5.32 Å². The Balaban J connectivity index is 2.17. The quantitative estimate of drug-likeness (QED) is 0.679. The van der Waals surface area contributed by atoms with E-state index in [1.165, 1.54) is 5.56 Å². The van der Waals surface area contributed by atoms with Crippen LogP contribution in [0.4, 0.5) is 0 Å². The van der Waals surface area contributed by atoms with Gasteiger partial charge in [-0.1, -0.05) is 29.8 Å². The standard InChI is InChI=1S/C16H14Br2N2O2S/c1-9-3-2-4-10(5-9)8-22-14-12(17)6-11(7-13(14)18)15(21)20-16(19)23/h2-7H,8H2,1H3,(H3,19,20,21,23). The minimum Gasteiger partial charge on any atom is -0.487 e.